The van der Waals surface area contributed by atoms with Gasteiger partial charge < -0.3 is 0 Å². The van der Waals surface area contributed by atoms with Crippen molar-refractivity contribution in [1.82, 2.24) is 0 Å². The van der Waals surface area contributed by atoms with E-state index in [0.717, 1.165) is 12.3 Å². The molecule has 0 spiro atoms. The van der Waals surface area contributed by atoms with E-state index in [1.807, 2.05) is 0 Å². The maximum atomic E-state index is 11.2. The van der Waals surface area contributed by atoms with Gasteiger partial charge in [-0.05, 0) is 19.9 Å². The molecular weight excluding hydrogens is 319 g/mol. The number of nitro benzene ring substituents is 1. The highest BCUT2D eigenvalue weighted by Crippen LogP contribution is 2.56. The van der Waals surface area contributed by atoms with Crippen molar-refractivity contribution in [3.8, 4) is 0 Å². The van der Waals surface area contributed by atoms with E-state index in [-0.39, 0.29) is 29.4 Å². The second kappa shape index (κ2) is 6.65. The molecule has 1 atom stereocenters. The van der Waals surface area contributed by atoms with E-state index in [0.29, 0.717) is 0 Å². The Labute approximate surface area is 123 Å². The Morgan fingerprint density at radius 2 is 2.05 bits per heavy atom. The number of anilines is 1. The van der Waals surface area contributed by atoms with Crippen molar-refractivity contribution < 1.29 is 22.8 Å². The van der Waals surface area contributed by atoms with Crippen LogP contribution in [0.25, 0.3) is 0 Å². The molecule has 1 unspecified atom stereocenters. The average Bonchev–Trinajstić information content (AvgIpc) is 2.36. The van der Waals surface area contributed by atoms with Gasteiger partial charge in [0, 0.05) is 12.1 Å². The molecule has 0 radical (unpaired) electrons. The highest BCUT2D eigenvalue weighted by molar-refractivity contribution is 7.92. The van der Waals surface area contributed by atoms with E-state index in [2.05, 4.69) is 4.72 Å². The van der Waals surface area contributed by atoms with Gasteiger partial charge in [0.05, 0.1) is 23.5 Å². The van der Waals surface area contributed by atoms with E-state index in [1.54, 1.807) is 13.8 Å². The predicted octanol–water partition coefficient (Wildman–Crippen LogP) is 1.49. The van der Waals surface area contributed by atoms with Crippen molar-refractivity contribution >= 4 is 34.4 Å². The van der Waals surface area contributed by atoms with Crippen LogP contribution in [0.4, 0.5) is 11.4 Å². The summed E-state index contributed by atoms with van der Waals surface area (Å²) in [5.41, 5.74) is -0.148. The third kappa shape index (κ3) is 4.60. The fourth-order valence-electron chi connectivity index (χ4n) is 1.78. The number of nitrogens with one attached hydrogen (secondary N) is 1. The van der Waals surface area contributed by atoms with E-state index in [4.69, 9.17) is 4.52 Å². The summed E-state index contributed by atoms with van der Waals surface area (Å²) in [6.07, 6.45) is 1.15. The molecule has 0 aliphatic carbocycles. The van der Waals surface area contributed by atoms with Crippen LogP contribution in [0.5, 0.6) is 0 Å². The number of nitrogens with zero attached hydrogens (tertiary/aromatic N) is 1. The van der Waals surface area contributed by atoms with Crippen LogP contribution in [-0.4, -0.2) is 37.3 Å². The van der Waals surface area contributed by atoms with Crippen molar-refractivity contribution in [2.24, 2.45) is 0 Å². The lowest BCUT2D eigenvalue weighted by atomic mass is 10.3. The molecule has 2 N–H and O–H groups in total. The summed E-state index contributed by atoms with van der Waals surface area (Å²) in [7, 11) is -6.68. The Bertz CT molecular complexity index is 636. The lowest BCUT2D eigenvalue weighted by Crippen LogP contribution is -2.20. The van der Waals surface area contributed by atoms with Crippen molar-refractivity contribution in [2.75, 3.05) is 23.7 Å². The molecular formula is C11H18N2O6PS+. The Morgan fingerprint density at radius 3 is 2.48 bits per heavy atom. The standard InChI is InChI=1S/C11H18N2O6PS/c1-4-19-20(16,5-2)11-8-9(12-21(3,17)18)6-7-10(11)13(14)15/h6-8,12,16H,4-5H2,1-3H3/q+1. The van der Waals surface area contributed by atoms with Crippen LogP contribution in [0.3, 0.4) is 0 Å². The Morgan fingerprint density at radius 1 is 1.43 bits per heavy atom. The molecule has 0 bridgehead atoms. The van der Waals surface area contributed by atoms with Gasteiger partial charge in [-0.25, -0.2) is 17.8 Å². The maximum absolute atomic E-state index is 11.2. The Kier molecular flexibility index (Phi) is 5.63. The van der Waals surface area contributed by atoms with Gasteiger partial charge in [-0.2, -0.15) is 0 Å². The SMILES string of the molecule is CCO[P+](O)(CC)c1cc(NS(C)(=O)=O)ccc1[N+](=O)[O-]. The van der Waals surface area contributed by atoms with Crippen LogP contribution in [0.15, 0.2) is 18.2 Å². The first kappa shape index (κ1) is 17.8. The predicted molar refractivity (Wildman–Crippen MR) is 82.5 cm³/mol. The molecule has 0 fully saturated rings. The first-order valence-electron chi connectivity index (χ1n) is 6.15. The topological polar surface area (TPSA) is 119 Å². The monoisotopic (exact) mass is 337 g/mol. The van der Waals surface area contributed by atoms with Gasteiger partial charge in [-0.1, -0.05) is 0 Å². The molecule has 0 aliphatic heterocycles. The number of sulfonamides is 1. The minimum absolute atomic E-state index is 0.0190. The zero-order valence-electron chi connectivity index (χ0n) is 11.9. The molecule has 0 saturated heterocycles. The summed E-state index contributed by atoms with van der Waals surface area (Å²) in [5.74, 6) is 0. The smallest absolute Gasteiger partial charge is 0.284 e. The summed E-state index contributed by atoms with van der Waals surface area (Å²) < 4.78 is 30.0. The van der Waals surface area contributed by atoms with Crippen molar-refractivity contribution in [3.05, 3.63) is 28.3 Å². The largest absolute Gasteiger partial charge is 0.316 e. The van der Waals surface area contributed by atoms with Gasteiger partial charge in [0.25, 0.3) is 0 Å². The first-order valence-corrected chi connectivity index (χ1v) is 9.88. The van der Waals surface area contributed by atoms with Gasteiger partial charge >= 0.3 is 13.4 Å². The number of hydrogen-bond acceptors (Lipinski definition) is 6. The summed E-state index contributed by atoms with van der Waals surface area (Å²) in [4.78, 5) is 21.0. The van der Waals surface area contributed by atoms with E-state index >= 15 is 0 Å². The van der Waals surface area contributed by atoms with Gasteiger partial charge in [0.2, 0.25) is 15.3 Å². The third-order valence-electron chi connectivity index (χ3n) is 2.62. The summed E-state index contributed by atoms with van der Waals surface area (Å²) in [5, 5.41) is 11.1. The molecule has 118 valence electrons. The second-order valence-corrected chi connectivity index (χ2v) is 8.79. The van der Waals surface area contributed by atoms with E-state index in [9.17, 15) is 23.4 Å². The highest BCUT2D eigenvalue weighted by Gasteiger charge is 2.45. The van der Waals surface area contributed by atoms with Crippen LogP contribution < -0.4 is 10.0 Å². The number of hydrogen-bond donors (Lipinski definition) is 2. The fraction of sp³-hybridized carbons (Fsp3) is 0.455. The Balaban J connectivity index is 3.43. The maximum Gasteiger partial charge on any atom is 0.316 e. The summed E-state index contributed by atoms with van der Waals surface area (Å²) in [6.45, 7) is 3.52. The molecule has 1 aromatic carbocycles. The molecule has 0 amide bonds. The summed E-state index contributed by atoms with van der Waals surface area (Å²) in [6, 6.07) is 3.68. The van der Waals surface area contributed by atoms with Crippen LogP contribution in [0, 0.1) is 10.1 Å². The second-order valence-electron chi connectivity index (χ2n) is 4.27. The van der Waals surface area contributed by atoms with Crippen molar-refractivity contribution in [2.45, 2.75) is 13.8 Å². The fourth-order valence-corrected chi connectivity index (χ4v) is 4.28. The molecule has 0 aromatic heterocycles. The van der Waals surface area contributed by atoms with Gasteiger partial charge in [-0.15, -0.1) is 0 Å². The number of nitro groups is 1. The minimum Gasteiger partial charge on any atom is -0.284 e. The molecule has 10 heteroatoms. The summed E-state index contributed by atoms with van der Waals surface area (Å²) >= 11 is 0. The molecule has 0 saturated carbocycles. The first-order chi connectivity index (χ1) is 9.63. The van der Waals surface area contributed by atoms with Crippen LogP contribution in [0.1, 0.15) is 13.8 Å². The number of benzene rings is 1. The zero-order valence-corrected chi connectivity index (χ0v) is 13.6. The van der Waals surface area contributed by atoms with Gasteiger partial charge in [-0.3, -0.25) is 14.8 Å². The lowest BCUT2D eigenvalue weighted by Gasteiger charge is -2.17. The number of rotatable bonds is 7. The van der Waals surface area contributed by atoms with Gasteiger partial charge in [0.1, 0.15) is 6.16 Å². The molecule has 0 aliphatic rings. The molecule has 1 rings (SSSR count). The minimum atomic E-state index is -3.52. The van der Waals surface area contributed by atoms with E-state index in [1.165, 1.54) is 12.1 Å². The molecule has 21 heavy (non-hydrogen) atoms. The van der Waals surface area contributed by atoms with E-state index < -0.39 is 22.7 Å². The quantitative estimate of drug-likeness (QED) is 0.442. The normalized spacial score (nSPS) is 14.5. The van der Waals surface area contributed by atoms with Crippen LogP contribution in [0.2, 0.25) is 0 Å². The molecule has 0 heterocycles. The average molecular weight is 337 g/mol. The lowest BCUT2D eigenvalue weighted by molar-refractivity contribution is -0.383. The van der Waals surface area contributed by atoms with Crippen LogP contribution in [-0.2, 0) is 14.5 Å². The van der Waals surface area contributed by atoms with Crippen molar-refractivity contribution in [1.29, 1.82) is 0 Å². The third-order valence-corrected chi connectivity index (χ3v) is 5.88. The Hall–Kier alpha value is -1.28. The molecule has 8 nitrogen and oxygen atoms in total. The van der Waals surface area contributed by atoms with Gasteiger partial charge in [0.15, 0.2) is 0 Å². The van der Waals surface area contributed by atoms with Crippen molar-refractivity contribution in [3.63, 3.8) is 0 Å². The highest BCUT2D eigenvalue weighted by atomic mass is 32.2. The molecule has 1 aromatic rings. The zero-order chi connectivity index (χ0) is 16.3. The van der Waals surface area contributed by atoms with Crippen LogP contribution >= 0.6 is 7.72 Å².